The monoisotopic (exact) mass is 320 g/mol. The van der Waals surface area contributed by atoms with Gasteiger partial charge in [-0.1, -0.05) is 39.8 Å². The molecule has 5 heteroatoms. The van der Waals surface area contributed by atoms with Gasteiger partial charge >= 0.3 is 0 Å². The van der Waals surface area contributed by atoms with Crippen molar-refractivity contribution in [1.82, 2.24) is 10.6 Å². The third-order valence-corrected chi connectivity index (χ3v) is 3.51. The number of nitrogens with one attached hydrogen (secondary N) is 2. The van der Waals surface area contributed by atoms with Gasteiger partial charge in [-0.25, -0.2) is 0 Å². The largest absolute Gasteiger partial charge is 0.483 e. The van der Waals surface area contributed by atoms with E-state index in [9.17, 15) is 9.59 Å². The molecule has 23 heavy (non-hydrogen) atoms. The van der Waals surface area contributed by atoms with Crippen LogP contribution >= 0.6 is 0 Å². The van der Waals surface area contributed by atoms with Crippen LogP contribution in [-0.2, 0) is 9.59 Å². The van der Waals surface area contributed by atoms with E-state index in [1.165, 1.54) is 5.56 Å². The summed E-state index contributed by atoms with van der Waals surface area (Å²) in [7, 11) is 0. The van der Waals surface area contributed by atoms with Crippen molar-refractivity contribution in [2.75, 3.05) is 19.7 Å². The fourth-order valence-corrected chi connectivity index (χ4v) is 1.92. The Labute approximate surface area is 138 Å². The average molecular weight is 320 g/mol. The molecule has 5 nitrogen and oxygen atoms in total. The van der Waals surface area contributed by atoms with E-state index in [-0.39, 0.29) is 24.3 Å². The zero-order valence-electron chi connectivity index (χ0n) is 14.7. The minimum Gasteiger partial charge on any atom is -0.483 e. The summed E-state index contributed by atoms with van der Waals surface area (Å²) in [4.78, 5) is 23.2. The van der Waals surface area contributed by atoms with Gasteiger partial charge in [0.25, 0.3) is 5.91 Å². The molecule has 0 radical (unpaired) electrons. The van der Waals surface area contributed by atoms with E-state index < -0.39 is 0 Å². The van der Waals surface area contributed by atoms with Crippen LogP contribution in [0.2, 0.25) is 0 Å². The quantitative estimate of drug-likeness (QED) is 0.723. The first-order valence-electron chi connectivity index (χ1n) is 8.09. The van der Waals surface area contributed by atoms with Gasteiger partial charge in [0.15, 0.2) is 6.61 Å². The predicted octanol–water partition coefficient (Wildman–Crippen LogP) is 2.39. The third kappa shape index (κ3) is 6.72. The van der Waals surface area contributed by atoms with Crippen molar-refractivity contribution in [3.8, 4) is 5.75 Å². The molecule has 0 spiro atoms. The first-order valence-corrected chi connectivity index (χ1v) is 8.09. The van der Waals surface area contributed by atoms with E-state index in [0.29, 0.717) is 19.0 Å². The van der Waals surface area contributed by atoms with Gasteiger partial charge in [0.1, 0.15) is 5.75 Å². The van der Waals surface area contributed by atoms with Gasteiger partial charge in [0, 0.05) is 19.0 Å². The minimum atomic E-state index is -0.196. The Morgan fingerprint density at radius 2 is 1.74 bits per heavy atom. The Morgan fingerprint density at radius 3 is 2.35 bits per heavy atom. The van der Waals surface area contributed by atoms with Crippen LogP contribution in [0.3, 0.4) is 0 Å². The molecule has 1 aromatic carbocycles. The smallest absolute Gasteiger partial charge is 0.258 e. The van der Waals surface area contributed by atoms with Crippen molar-refractivity contribution in [3.05, 3.63) is 29.3 Å². The van der Waals surface area contributed by atoms with Crippen molar-refractivity contribution in [2.24, 2.45) is 5.92 Å². The first-order chi connectivity index (χ1) is 10.8. The molecule has 2 amide bonds. The summed E-state index contributed by atoms with van der Waals surface area (Å²) in [5.41, 5.74) is 2.19. The molecule has 2 N–H and O–H groups in total. The summed E-state index contributed by atoms with van der Waals surface area (Å²) >= 11 is 0. The summed E-state index contributed by atoms with van der Waals surface area (Å²) in [6.45, 7) is 10.6. The third-order valence-electron chi connectivity index (χ3n) is 3.51. The van der Waals surface area contributed by atoms with Gasteiger partial charge in [0.2, 0.25) is 5.91 Å². The predicted molar refractivity (Wildman–Crippen MR) is 91.6 cm³/mol. The normalized spacial score (nSPS) is 10.7. The zero-order chi connectivity index (χ0) is 17.4. The molecule has 0 saturated carbocycles. The highest BCUT2D eigenvalue weighted by Crippen LogP contribution is 2.24. The number of amides is 2. The zero-order valence-corrected chi connectivity index (χ0v) is 14.7. The van der Waals surface area contributed by atoms with E-state index in [4.69, 9.17) is 4.74 Å². The average Bonchev–Trinajstić information content (AvgIpc) is 2.50. The summed E-state index contributed by atoms with van der Waals surface area (Å²) in [6.07, 6.45) is 0. The maximum Gasteiger partial charge on any atom is 0.258 e. The van der Waals surface area contributed by atoms with E-state index in [1.807, 2.05) is 32.9 Å². The van der Waals surface area contributed by atoms with Crippen molar-refractivity contribution in [2.45, 2.75) is 40.5 Å². The summed E-state index contributed by atoms with van der Waals surface area (Å²) < 4.78 is 5.61. The van der Waals surface area contributed by atoms with Gasteiger partial charge in [-0.2, -0.15) is 0 Å². The number of ether oxygens (including phenoxy) is 1. The standard InChI is InChI=1S/C18H28N2O3/c1-12(2)15-7-6-14(5)16(10-15)23-11-17(21)19-8-9-20-18(22)13(3)4/h6-7,10,12-13H,8-9,11H2,1-5H3,(H,19,21)(H,20,22). The number of carbonyl (C=O) groups excluding carboxylic acids is 2. The van der Waals surface area contributed by atoms with Crippen LogP contribution in [0.5, 0.6) is 5.75 Å². The second kappa shape index (κ2) is 9.18. The second-order valence-corrected chi connectivity index (χ2v) is 6.26. The van der Waals surface area contributed by atoms with Crippen LogP contribution in [-0.4, -0.2) is 31.5 Å². The molecule has 0 aromatic heterocycles. The molecular formula is C18H28N2O3. The number of aryl methyl sites for hydroxylation is 1. The Morgan fingerprint density at radius 1 is 1.09 bits per heavy atom. The highest BCUT2D eigenvalue weighted by molar-refractivity contribution is 5.78. The fourth-order valence-electron chi connectivity index (χ4n) is 1.92. The lowest BCUT2D eigenvalue weighted by atomic mass is 10.0. The molecule has 0 aliphatic carbocycles. The van der Waals surface area contributed by atoms with E-state index in [2.05, 4.69) is 30.5 Å². The summed E-state index contributed by atoms with van der Waals surface area (Å²) in [5.74, 6) is 0.885. The molecular weight excluding hydrogens is 292 g/mol. The SMILES string of the molecule is Cc1ccc(C(C)C)cc1OCC(=O)NCCNC(=O)C(C)C. The Balaban J connectivity index is 2.36. The molecule has 128 valence electrons. The van der Waals surface area contributed by atoms with Gasteiger partial charge in [-0.15, -0.1) is 0 Å². The van der Waals surface area contributed by atoms with E-state index in [1.54, 1.807) is 0 Å². The van der Waals surface area contributed by atoms with Gasteiger partial charge in [-0.05, 0) is 30.0 Å². The molecule has 0 aliphatic rings. The van der Waals surface area contributed by atoms with Crippen molar-refractivity contribution >= 4 is 11.8 Å². The first kappa shape index (κ1) is 19.0. The van der Waals surface area contributed by atoms with Crippen LogP contribution in [0, 0.1) is 12.8 Å². The number of benzene rings is 1. The Kier molecular flexibility index (Phi) is 7.59. The van der Waals surface area contributed by atoms with Crippen molar-refractivity contribution in [3.63, 3.8) is 0 Å². The Hall–Kier alpha value is -2.04. The molecule has 0 aliphatic heterocycles. The second-order valence-electron chi connectivity index (χ2n) is 6.26. The number of carbonyl (C=O) groups is 2. The molecule has 0 heterocycles. The lowest BCUT2D eigenvalue weighted by Crippen LogP contribution is -2.38. The van der Waals surface area contributed by atoms with Crippen molar-refractivity contribution < 1.29 is 14.3 Å². The number of hydrogen-bond donors (Lipinski definition) is 2. The number of hydrogen-bond acceptors (Lipinski definition) is 3. The van der Waals surface area contributed by atoms with Crippen LogP contribution < -0.4 is 15.4 Å². The maximum atomic E-state index is 11.8. The topological polar surface area (TPSA) is 67.4 Å². The van der Waals surface area contributed by atoms with Gasteiger partial charge in [-0.3, -0.25) is 9.59 Å². The molecule has 0 fully saturated rings. The van der Waals surface area contributed by atoms with E-state index >= 15 is 0 Å². The highest BCUT2D eigenvalue weighted by Gasteiger charge is 2.08. The molecule has 0 saturated heterocycles. The minimum absolute atomic E-state index is 0.0170. The molecule has 1 rings (SSSR count). The van der Waals surface area contributed by atoms with Gasteiger partial charge in [0.05, 0.1) is 0 Å². The van der Waals surface area contributed by atoms with Crippen LogP contribution in [0.25, 0.3) is 0 Å². The summed E-state index contributed by atoms with van der Waals surface area (Å²) in [5, 5.41) is 5.47. The summed E-state index contributed by atoms with van der Waals surface area (Å²) in [6, 6.07) is 6.06. The van der Waals surface area contributed by atoms with Crippen molar-refractivity contribution in [1.29, 1.82) is 0 Å². The fraction of sp³-hybridized carbons (Fsp3) is 0.556. The van der Waals surface area contributed by atoms with Crippen LogP contribution in [0.4, 0.5) is 0 Å². The van der Waals surface area contributed by atoms with Gasteiger partial charge < -0.3 is 15.4 Å². The lowest BCUT2D eigenvalue weighted by Gasteiger charge is -2.13. The molecule has 0 bridgehead atoms. The maximum absolute atomic E-state index is 11.8. The lowest BCUT2D eigenvalue weighted by molar-refractivity contribution is -0.125. The molecule has 0 unspecified atom stereocenters. The van der Waals surface area contributed by atoms with E-state index in [0.717, 1.165) is 11.3 Å². The Bertz CT molecular complexity index is 539. The molecule has 0 atom stereocenters. The van der Waals surface area contributed by atoms with Crippen LogP contribution in [0.15, 0.2) is 18.2 Å². The molecule has 1 aromatic rings. The van der Waals surface area contributed by atoms with Crippen LogP contribution in [0.1, 0.15) is 44.7 Å². The number of rotatable bonds is 8. The highest BCUT2D eigenvalue weighted by atomic mass is 16.5.